The van der Waals surface area contributed by atoms with E-state index in [0.717, 1.165) is 18.4 Å². The van der Waals surface area contributed by atoms with E-state index in [-0.39, 0.29) is 0 Å². The van der Waals surface area contributed by atoms with Gasteiger partial charge in [0.1, 0.15) is 0 Å². The van der Waals surface area contributed by atoms with Crippen LogP contribution in [0.2, 0.25) is 0 Å². The third kappa shape index (κ3) is 4.02. The zero-order chi connectivity index (χ0) is 14.8. The van der Waals surface area contributed by atoms with Crippen molar-refractivity contribution in [1.29, 1.82) is 0 Å². The average Bonchev–Trinajstić information content (AvgIpc) is 2.76. The highest BCUT2D eigenvalue weighted by Gasteiger charge is 2.31. The van der Waals surface area contributed by atoms with Gasteiger partial charge in [0.15, 0.2) is 0 Å². The average molecular weight is 292 g/mol. The molecule has 0 saturated heterocycles. The molecule has 0 bridgehead atoms. The molecule has 20 heavy (non-hydrogen) atoms. The highest BCUT2D eigenvalue weighted by molar-refractivity contribution is 7.99. The van der Waals surface area contributed by atoms with Gasteiger partial charge in [-0.1, -0.05) is 52.8 Å². The minimum atomic E-state index is 0.365. The Hall–Kier alpha value is -0.470. The maximum atomic E-state index is 3.64. The molecule has 0 saturated carbocycles. The third-order valence-corrected chi connectivity index (χ3v) is 5.62. The molecule has 1 aromatic carbocycles. The van der Waals surface area contributed by atoms with E-state index in [1.807, 2.05) is 11.8 Å². The number of hydrogen-bond donors (Lipinski definition) is 1. The van der Waals surface area contributed by atoms with Crippen molar-refractivity contribution in [2.45, 2.75) is 57.9 Å². The molecule has 2 atom stereocenters. The van der Waals surface area contributed by atoms with E-state index in [4.69, 9.17) is 0 Å². The second-order valence-electron chi connectivity index (χ2n) is 7.41. The van der Waals surface area contributed by atoms with Crippen LogP contribution in [0.4, 0.5) is 0 Å². The summed E-state index contributed by atoms with van der Waals surface area (Å²) in [5.74, 6) is 2.71. The van der Waals surface area contributed by atoms with Gasteiger partial charge in [-0.2, -0.15) is 0 Å². The highest BCUT2D eigenvalue weighted by atomic mass is 32.2. The van der Waals surface area contributed by atoms with Crippen LogP contribution in [-0.2, 0) is 0 Å². The minimum Gasteiger partial charge on any atom is -0.314 e. The fourth-order valence-corrected chi connectivity index (χ4v) is 4.16. The van der Waals surface area contributed by atoms with Crippen molar-refractivity contribution in [3.63, 3.8) is 0 Å². The van der Waals surface area contributed by atoms with E-state index in [1.54, 1.807) is 5.56 Å². The van der Waals surface area contributed by atoms with Crippen LogP contribution >= 0.6 is 11.8 Å². The number of thioether (sulfide) groups is 1. The zero-order valence-electron chi connectivity index (χ0n) is 13.6. The minimum absolute atomic E-state index is 0.365. The molecule has 2 heteroatoms. The first-order valence-corrected chi connectivity index (χ1v) is 8.81. The molecule has 0 fully saturated rings. The Morgan fingerprint density at radius 2 is 1.95 bits per heavy atom. The molecule has 2 rings (SSSR count). The van der Waals surface area contributed by atoms with Crippen LogP contribution in [0, 0.1) is 11.3 Å². The van der Waals surface area contributed by atoms with Crippen molar-refractivity contribution < 1.29 is 0 Å². The van der Waals surface area contributed by atoms with Gasteiger partial charge in [0.25, 0.3) is 0 Å². The quantitative estimate of drug-likeness (QED) is 0.826. The molecule has 112 valence electrons. The van der Waals surface area contributed by atoms with Gasteiger partial charge in [0.2, 0.25) is 0 Å². The second kappa shape index (κ2) is 6.53. The van der Waals surface area contributed by atoms with Crippen LogP contribution in [0.15, 0.2) is 29.2 Å². The van der Waals surface area contributed by atoms with Crippen molar-refractivity contribution >= 4 is 11.8 Å². The largest absolute Gasteiger partial charge is 0.314 e. The molecule has 0 spiro atoms. The lowest BCUT2D eigenvalue weighted by atomic mass is 9.75. The molecule has 0 radical (unpaired) electrons. The maximum Gasteiger partial charge on any atom is 0.0107 e. The van der Waals surface area contributed by atoms with Gasteiger partial charge in [0, 0.05) is 16.7 Å². The van der Waals surface area contributed by atoms with Gasteiger partial charge in [-0.3, -0.25) is 0 Å². The Kier molecular flexibility index (Phi) is 5.19. The Bertz CT molecular complexity index is 433. The van der Waals surface area contributed by atoms with Gasteiger partial charge < -0.3 is 5.32 Å². The fraction of sp³-hybridized carbons (Fsp3) is 0.667. The lowest BCUT2D eigenvalue weighted by Gasteiger charge is -2.33. The van der Waals surface area contributed by atoms with Gasteiger partial charge >= 0.3 is 0 Å². The molecule has 1 aliphatic heterocycles. The maximum absolute atomic E-state index is 3.64. The standard InChI is InChI=1S/C18H29NS/c1-13(2)19-11-15(18(3,4)5)10-14-12-20-17-9-7-6-8-16(14)17/h6-9,13-15,19H,10-12H2,1-5H3. The normalized spacial score (nSPS) is 20.2. The van der Waals surface area contributed by atoms with Crippen LogP contribution in [0.5, 0.6) is 0 Å². The first-order valence-electron chi connectivity index (χ1n) is 7.83. The first kappa shape index (κ1) is 15.9. The Morgan fingerprint density at radius 3 is 2.60 bits per heavy atom. The Labute approximate surface area is 128 Å². The zero-order valence-corrected chi connectivity index (χ0v) is 14.4. The van der Waals surface area contributed by atoms with E-state index in [9.17, 15) is 0 Å². The van der Waals surface area contributed by atoms with Crippen molar-refractivity contribution in [2.24, 2.45) is 11.3 Å². The predicted octanol–water partition coefficient (Wildman–Crippen LogP) is 4.93. The van der Waals surface area contributed by atoms with Gasteiger partial charge in [-0.15, -0.1) is 11.8 Å². The molecule has 0 aliphatic carbocycles. The highest BCUT2D eigenvalue weighted by Crippen LogP contribution is 2.44. The summed E-state index contributed by atoms with van der Waals surface area (Å²) >= 11 is 2.03. The van der Waals surface area contributed by atoms with Crippen LogP contribution in [0.3, 0.4) is 0 Å². The first-order chi connectivity index (χ1) is 9.38. The van der Waals surface area contributed by atoms with Crippen LogP contribution in [0.1, 0.15) is 52.5 Å². The molecular formula is C18H29NS. The molecule has 1 aromatic rings. The van der Waals surface area contributed by atoms with E-state index in [0.29, 0.717) is 11.5 Å². The molecule has 2 unspecified atom stereocenters. The Balaban J connectivity index is 2.05. The molecule has 1 heterocycles. The summed E-state index contributed by atoms with van der Waals surface area (Å²) < 4.78 is 0. The van der Waals surface area contributed by atoms with Crippen molar-refractivity contribution in [1.82, 2.24) is 5.32 Å². The molecule has 1 N–H and O–H groups in total. The van der Waals surface area contributed by atoms with E-state index >= 15 is 0 Å². The van der Waals surface area contributed by atoms with Crippen molar-refractivity contribution in [2.75, 3.05) is 12.3 Å². The van der Waals surface area contributed by atoms with Gasteiger partial charge in [-0.25, -0.2) is 0 Å². The number of fused-ring (bicyclic) bond motifs is 1. The van der Waals surface area contributed by atoms with Crippen LogP contribution in [-0.4, -0.2) is 18.3 Å². The summed E-state index contributed by atoms with van der Waals surface area (Å²) in [5.41, 5.74) is 1.95. The lowest BCUT2D eigenvalue weighted by molar-refractivity contribution is 0.206. The SMILES string of the molecule is CC(C)NCC(CC1CSc2ccccc21)C(C)(C)C. The number of nitrogens with one attached hydrogen (secondary N) is 1. The van der Waals surface area contributed by atoms with Crippen LogP contribution < -0.4 is 5.32 Å². The fourth-order valence-electron chi connectivity index (χ4n) is 2.89. The topological polar surface area (TPSA) is 12.0 Å². The molecule has 0 amide bonds. The van der Waals surface area contributed by atoms with Gasteiger partial charge in [0.05, 0.1) is 0 Å². The Morgan fingerprint density at radius 1 is 1.25 bits per heavy atom. The lowest BCUT2D eigenvalue weighted by Crippen LogP contribution is -2.36. The molecular weight excluding hydrogens is 262 g/mol. The summed E-state index contributed by atoms with van der Waals surface area (Å²) in [7, 11) is 0. The molecule has 1 nitrogen and oxygen atoms in total. The summed E-state index contributed by atoms with van der Waals surface area (Å²) in [5, 5.41) is 3.64. The number of benzene rings is 1. The van der Waals surface area contributed by atoms with E-state index < -0.39 is 0 Å². The van der Waals surface area contributed by atoms with Crippen molar-refractivity contribution in [3.05, 3.63) is 29.8 Å². The second-order valence-corrected chi connectivity index (χ2v) is 8.47. The summed E-state index contributed by atoms with van der Waals surface area (Å²) in [4.78, 5) is 1.50. The third-order valence-electron chi connectivity index (χ3n) is 4.37. The summed E-state index contributed by atoms with van der Waals surface area (Å²) in [6.07, 6.45) is 1.30. The van der Waals surface area contributed by atoms with Crippen LogP contribution in [0.25, 0.3) is 0 Å². The monoisotopic (exact) mass is 291 g/mol. The smallest absolute Gasteiger partial charge is 0.0107 e. The predicted molar refractivity (Wildman–Crippen MR) is 90.6 cm³/mol. The van der Waals surface area contributed by atoms with E-state index in [2.05, 4.69) is 64.2 Å². The van der Waals surface area contributed by atoms with E-state index in [1.165, 1.54) is 17.1 Å². The van der Waals surface area contributed by atoms with Crippen molar-refractivity contribution in [3.8, 4) is 0 Å². The molecule has 0 aromatic heterocycles. The summed E-state index contributed by atoms with van der Waals surface area (Å²) in [6, 6.07) is 9.53. The number of hydrogen-bond acceptors (Lipinski definition) is 2. The summed E-state index contributed by atoms with van der Waals surface area (Å²) in [6.45, 7) is 12.8. The molecule has 1 aliphatic rings. The number of rotatable bonds is 5. The van der Waals surface area contributed by atoms with Gasteiger partial charge in [-0.05, 0) is 41.8 Å².